The summed E-state index contributed by atoms with van der Waals surface area (Å²) in [6, 6.07) is 15.7. The summed E-state index contributed by atoms with van der Waals surface area (Å²) in [6.45, 7) is 4.38. The second kappa shape index (κ2) is 9.53. The van der Waals surface area contributed by atoms with Crippen LogP contribution in [0.5, 0.6) is 0 Å². The van der Waals surface area contributed by atoms with Crippen LogP contribution in [0.4, 0.5) is 0 Å². The van der Waals surface area contributed by atoms with E-state index < -0.39 is 0 Å². The molecule has 2 amide bonds. The molecule has 2 aliphatic heterocycles. The summed E-state index contributed by atoms with van der Waals surface area (Å²) in [7, 11) is 0. The largest absolute Gasteiger partial charge is 0.366 e. The molecule has 0 aliphatic carbocycles. The van der Waals surface area contributed by atoms with Gasteiger partial charge in [-0.25, -0.2) is 0 Å². The SMILES string of the molecule is NC(=O)c1ccccc1[CH]CCN1CCC2(CC1)CCN(Cc1ccc(Br)cc1)C2=O. The topological polar surface area (TPSA) is 66.6 Å². The molecule has 2 N–H and O–H groups in total. The van der Waals surface area contributed by atoms with Gasteiger partial charge in [0.1, 0.15) is 0 Å². The number of benzene rings is 2. The van der Waals surface area contributed by atoms with Crippen LogP contribution in [0.3, 0.4) is 0 Å². The number of carbonyl (C=O) groups is 2. The van der Waals surface area contributed by atoms with Gasteiger partial charge in [-0.3, -0.25) is 9.59 Å². The van der Waals surface area contributed by atoms with Crippen molar-refractivity contribution in [2.75, 3.05) is 26.2 Å². The summed E-state index contributed by atoms with van der Waals surface area (Å²) < 4.78 is 1.06. The van der Waals surface area contributed by atoms with Crippen LogP contribution in [0, 0.1) is 11.8 Å². The predicted molar refractivity (Wildman–Crippen MR) is 125 cm³/mol. The van der Waals surface area contributed by atoms with Gasteiger partial charge in [-0.1, -0.05) is 46.3 Å². The Morgan fingerprint density at radius 3 is 2.42 bits per heavy atom. The fourth-order valence-electron chi connectivity index (χ4n) is 4.82. The van der Waals surface area contributed by atoms with Crippen molar-refractivity contribution in [3.8, 4) is 0 Å². The van der Waals surface area contributed by atoms with Crippen molar-refractivity contribution >= 4 is 27.7 Å². The Balaban J connectivity index is 1.26. The lowest BCUT2D eigenvalue weighted by Gasteiger charge is -2.38. The first kappa shape index (κ1) is 22.0. The molecule has 2 heterocycles. The maximum absolute atomic E-state index is 13.2. The number of piperidine rings is 1. The Labute approximate surface area is 192 Å². The number of carbonyl (C=O) groups excluding carboxylic acids is 2. The Kier molecular flexibility index (Phi) is 6.77. The lowest BCUT2D eigenvalue weighted by Crippen LogP contribution is -2.44. The monoisotopic (exact) mass is 482 g/mol. The predicted octanol–water partition coefficient (Wildman–Crippen LogP) is 4.01. The maximum Gasteiger partial charge on any atom is 0.248 e. The fraction of sp³-hybridized carbons (Fsp3) is 0.400. The van der Waals surface area contributed by atoms with Gasteiger partial charge in [0.2, 0.25) is 11.8 Å². The van der Waals surface area contributed by atoms with Gasteiger partial charge in [0.25, 0.3) is 0 Å². The molecule has 4 rings (SSSR count). The van der Waals surface area contributed by atoms with Crippen molar-refractivity contribution in [3.63, 3.8) is 0 Å². The second-order valence-electron chi connectivity index (χ2n) is 8.67. The Morgan fingerprint density at radius 2 is 1.71 bits per heavy atom. The van der Waals surface area contributed by atoms with Crippen LogP contribution in [-0.4, -0.2) is 47.8 Å². The lowest BCUT2D eigenvalue weighted by molar-refractivity contribution is -0.138. The zero-order chi connectivity index (χ0) is 21.8. The van der Waals surface area contributed by atoms with Gasteiger partial charge in [-0.15, -0.1) is 0 Å². The number of nitrogens with zero attached hydrogens (tertiary/aromatic N) is 2. The van der Waals surface area contributed by atoms with E-state index in [4.69, 9.17) is 5.73 Å². The first-order valence-corrected chi connectivity index (χ1v) is 11.7. The summed E-state index contributed by atoms with van der Waals surface area (Å²) in [6.07, 6.45) is 5.78. The summed E-state index contributed by atoms with van der Waals surface area (Å²) in [5.41, 5.74) is 7.95. The molecule has 2 aliphatic rings. The van der Waals surface area contributed by atoms with E-state index >= 15 is 0 Å². The Hall–Kier alpha value is -2.18. The van der Waals surface area contributed by atoms with Gasteiger partial charge < -0.3 is 15.5 Å². The van der Waals surface area contributed by atoms with Crippen LogP contribution < -0.4 is 5.73 Å². The van der Waals surface area contributed by atoms with Crippen LogP contribution in [0.1, 0.15) is 47.2 Å². The third-order valence-electron chi connectivity index (χ3n) is 6.74. The van der Waals surface area contributed by atoms with Gasteiger partial charge in [0.05, 0.1) is 5.41 Å². The third-order valence-corrected chi connectivity index (χ3v) is 7.27. The van der Waals surface area contributed by atoms with Crippen molar-refractivity contribution in [1.82, 2.24) is 9.80 Å². The maximum atomic E-state index is 13.2. The average molecular weight is 483 g/mol. The minimum Gasteiger partial charge on any atom is -0.366 e. The standard InChI is InChI=1S/C25H29BrN3O2/c26-21-9-7-19(8-10-21)18-29-17-13-25(24(29)31)11-15-28(16-12-25)14-3-5-20-4-1-2-6-22(20)23(27)30/h1-2,4-10H,3,11-18H2,(H2,27,30). The molecular weight excluding hydrogens is 454 g/mol. The number of hydrogen-bond donors (Lipinski definition) is 1. The molecule has 2 fully saturated rings. The minimum absolute atomic E-state index is 0.172. The third kappa shape index (κ3) is 5.01. The average Bonchev–Trinajstić information content (AvgIpc) is 3.07. The lowest BCUT2D eigenvalue weighted by atomic mass is 9.77. The van der Waals surface area contributed by atoms with Gasteiger partial charge in [-0.2, -0.15) is 0 Å². The number of hydrogen-bond acceptors (Lipinski definition) is 3. The smallest absolute Gasteiger partial charge is 0.248 e. The van der Waals surface area contributed by atoms with Crippen LogP contribution in [0.25, 0.3) is 0 Å². The number of amides is 2. The molecule has 1 spiro atoms. The van der Waals surface area contributed by atoms with Crippen molar-refractivity contribution < 1.29 is 9.59 Å². The highest BCUT2D eigenvalue weighted by atomic mass is 79.9. The zero-order valence-corrected chi connectivity index (χ0v) is 19.3. The van der Waals surface area contributed by atoms with E-state index in [1.54, 1.807) is 6.07 Å². The normalized spacial score (nSPS) is 18.6. The van der Waals surface area contributed by atoms with Crippen LogP contribution >= 0.6 is 15.9 Å². The Bertz CT molecular complexity index is 936. The molecule has 0 saturated carbocycles. The van der Waals surface area contributed by atoms with Crippen molar-refractivity contribution in [3.05, 3.63) is 76.1 Å². The van der Waals surface area contributed by atoms with Crippen LogP contribution in [-0.2, 0) is 11.3 Å². The molecule has 2 aromatic rings. The van der Waals surface area contributed by atoms with E-state index in [-0.39, 0.29) is 11.3 Å². The summed E-state index contributed by atoms with van der Waals surface area (Å²) >= 11 is 3.47. The molecule has 0 atom stereocenters. The van der Waals surface area contributed by atoms with Gasteiger partial charge in [0, 0.05) is 23.1 Å². The summed E-state index contributed by atoms with van der Waals surface area (Å²) in [4.78, 5) is 29.2. The van der Waals surface area contributed by atoms with E-state index in [9.17, 15) is 9.59 Å². The number of rotatable bonds is 7. The fourth-order valence-corrected chi connectivity index (χ4v) is 5.09. The number of likely N-dealkylation sites (tertiary alicyclic amines) is 2. The first-order chi connectivity index (χ1) is 15.0. The van der Waals surface area contributed by atoms with Crippen molar-refractivity contribution in [2.24, 2.45) is 11.1 Å². The van der Waals surface area contributed by atoms with Crippen LogP contribution in [0.2, 0.25) is 0 Å². The van der Waals surface area contributed by atoms with Gasteiger partial charge >= 0.3 is 0 Å². The van der Waals surface area contributed by atoms with E-state index in [0.717, 1.165) is 61.9 Å². The Morgan fingerprint density at radius 1 is 1.03 bits per heavy atom. The molecule has 2 saturated heterocycles. The molecule has 0 unspecified atom stereocenters. The molecular formula is C25H29BrN3O2. The first-order valence-electron chi connectivity index (χ1n) is 11.0. The molecule has 5 nitrogen and oxygen atoms in total. The second-order valence-corrected chi connectivity index (χ2v) is 9.59. The highest BCUT2D eigenvalue weighted by molar-refractivity contribution is 9.10. The highest BCUT2D eigenvalue weighted by Gasteiger charge is 2.47. The summed E-state index contributed by atoms with van der Waals surface area (Å²) in [5, 5.41) is 0. The highest BCUT2D eigenvalue weighted by Crippen LogP contribution is 2.42. The van der Waals surface area contributed by atoms with Gasteiger partial charge in [-0.05, 0) is 81.1 Å². The summed E-state index contributed by atoms with van der Waals surface area (Å²) in [5.74, 6) is -0.0591. The van der Waals surface area contributed by atoms with E-state index in [2.05, 4.69) is 39.4 Å². The zero-order valence-electron chi connectivity index (χ0n) is 17.7. The van der Waals surface area contributed by atoms with E-state index in [1.165, 1.54) is 5.56 Å². The number of nitrogens with two attached hydrogens (primary N) is 1. The molecule has 1 radical (unpaired) electrons. The quantitative estimate of drug-likeness (QED) is 0.648. The minimum atomic E-state index is -0.390. The molecule has 0 aromatic heterocycles. The molecule has 31 heavy (non-hydrogen) atoms. The molecule has 6 heteroatoms. The van der Waals surface area contributed by atoms with Gasteiger partial charge in [0.15, 0.2) is 0 Å². The molecule has 2 aromatic carbocycles. The van der Waals surface area contributed by atoms with Crippen LogP contribution in [0.15, 0.2) is 53.0 Å². The molecule has 0 bridgehead atoms. The number of halogens is 1. The van der Waals surface area contributed by atoms with E-state index in [1.807, 2.05) is 35.2 Å². The van der Waals surface area contributed by atoms with E-state index in [0.29, 0.717) is 18.0 Å². The number of primary amides is 1. The van der Waals surface area contributed by atoms with Crippen molar-refractivity contribution in [1.29, 1.82) is 0 Å². The van der Waals surface area contributed by atoms with Crippen molar-refractivity contribution in [2.45, 2.75) is 32.2 Å². The molecule has 163 valence electrons.